The zero-order chi connectivity index (χ0) is 20.0. The van der Waals surface area contributed by atoms with E-state index in [0.717, 1.165) is 18.4 Å². The first-order valence-electron chi connectivity index (χ1n) is 10.2. The highest BCUT2D eigenvalue weighted by Gasteiger charge is 2.04. The fourth-order valence-electron chi connectivity index (χ4n) is 3.01. The molecule has 154 valence electrons. The molecule has 1 aromatic carbocycles. The van der Waals surface area contributed by atoms with Crippen LogP contribution in [0.4, 0.5) is 0 Å². The third kappa shape index (κ3) is 12.6. The second-order valence-electron chi connectivity index (χ2n) is 7.15. The van der Waals surface area contributed by atoms with Gasteiger partial charge in [-0.1, -0.05) is 70.8 Å². The van der Waals surface area contributed by atoms with E-state index in [0.29, 0.717) is 5.56 Å². The number of nitrogens with zero attached hydrogens (tertiary/aromatic N) is 1. The van der Waals surface area contributed by atoms with E-state index in [1.807, 2.05) is 12.1 Å². The summed E-state index contributed by atoms with van der Waals surface area (Å²) in [5.41, 5.74) is 1.72. The maximum atomic E-state index is 10.7. The predicted octanol–water partition coefficient (Wildman–Crippen LogP) is 5.16. The Kier molecular flexibility index (Phi) is 12.0. The van der Waals surface area contributed by atoms with Crippen molar-refractivity contribution >= 4 is 16.3 Å². The van der Waals surface area contributed by atoms with Crippen molar-refractivity contribution in [1.82, 2.24) is 0 Å². The van der Waals surface area contributed by atoms with Crippen molar-refractivity contribution in [1.29, 1.82) is 0 Å². The standard InChI is InChI=1S/C21H35NO4S/c1-2-3-4-5-6-7-8-9-10-11-12-19-13-14-21(23)20(17-19)18-22-15-16-27(24,25)26/h13-14,17-18,23H,2-12,15-16H2,1H3,(H,24,25,26). The van der Waals surface area contributed by atoms with Gasteiger partial charge in [-0.05, 0) is 30.5 Å². The quantitative estimate of drug-likeness (QED) is 0.243. The second kappa shape index (κ2) is 13.7. The monoisotopic (exact) mass is 397 g/mol. The molecule has 0 aliphatic heterocycles. The third-order valence-electron chi connectivity index (χ3n) is 4.62. The average Bonchev–Trinajstić information content (AvgIpc) is 2.61. The summed E-state index contributed by atoms with van der Waals surface area (Å²) >= 11 is 0. The maximum absolute atomic E-state index is 10.7. The maximum Gasteiger partial charge on any atom is 0.266 e. The molecule has 2 N–H and O–H groups in total. The summed E-state index contributed by atoms with van der Waals surface area (Å²) in [6, 6.07) is 5.45. The van der Waals surface area contributed by atoms with E-state index >= 15 is 0 Å². The van der Waals surface area contributed by atoms with Crippen LogP contribution in [0.2, 0.25) is 0 Å². The van der Waals surface area contributed by atoms with Crippen LogP contribution >= 0.6 is 0 Å². The van der Waals surface area contributed by atoms with Gasteiger partial charge in [-0.15, -0.1) is 0 Å². The zero-order valence-electron chi connectivity index (χ0n) is 16.6. The molecule has 0 radical (unpaired) electrons. The molecule has 6 heteroatoms. The number of hydrogen-bond donors (Lipinski definition) is 2. The fraction of sp³-hybridized carbons (Fsp3) is 0.667. The van der Waals surface area contributed by atoms with Crippen molar-refractivity contribution in [2.75, 3.05) is 12.3 Å². The van der Waals surface area contributed by atoms with Crippen molar-refractivity contribution < 1.29 is 18.1 Å². The topological polar surface area (TPSA) is 87.0 Å². The Hall–Kier alpha value is -1.40. The SMILES string of the molecule is CCCCCCCCCCCCc1ccc(O)c(C=NCCS(=O)(=O)O)c1. The van der Waals surface area contributed by atoms with E-state index in [2.05, 4.69) is 11.9 Å². The lowest BCUT2D eigenvalue weighted by molar-refractivity contribution is 0.474. The number of aliphatic imine (C=N–C) groups is 1. The second-order valence-corrected chi connectivity index (χ2v) is 8.72. The minimum absolute atomic E-state index is 0.0268. The molecule has 0 aromatic heterocycles. The Balaban J connectivity index is 2.25. The van der Waals surface area contributed by atoms with Crippen LogP contribution in [0, 0.1) is 0 Å². The average molecular weight is 398 g/mol. The highest BCUT2D eigenvalue weighted by molar-refractivity contribution is 7.85. The van der Waals surface area contributed by atoms with Gasteiger partial charge >= 0.3 is 0 Å². The van der Waals surface area contributed by atoms with Gasteiger partial charge < -0.3 is 5.11 Å². The van der Waals surface area contributed by atoms with Crippen LogP contribution in [-0.4, -0.2) is 36.6 Å². The molecular weight excluding hydrogens is 362 g/mol. The normalized spacial score (nSPS) is 12.1. The molecule has 0 atom stereocenters. The van der Waals surface area contributed by atoms with Gasteiger partial charge in [0.25, 0.3) is 10.1 Å². The summed E-state index contributed by atoms with van der Waals surface area (Å²) in [4.78, 5) is 3.96. The molecule has 0 spiro atoms. The summed E-state index contributed by atoms with van der Waals surface area (Å²) in [6.45, 7) is 2.22. The lowest BCUT2D eigenvalue weighted by Crippen LogP contribution is -2.06. The molecule has 0 saturated heterocycles. The lowest BCUT2D eigenvalue weighted by atomic mass is 10.0. The molecule has 0 fully saturated rings. The summed E-state index contributed by atoms with van der Waals surface area (Å²) in [5, 5.41) is 9.88. The Morgan fingerprint density at radius 2 is 1.56 bits per heavy atom. The van der Waals surface area contributed by atoms with Crippen molar-refractivity contribution in [3.63, 3.8) is 0 Å². The van der Waals surface area contributed by atoms with Crippen LogP contribution in [0.5, 0.6) is 5.75 Å². The van der Waals surface area contributed by atoms with E-state index in [9.17, 15) is 13.5 Å². The van der Waals surface area contributed by atoms with Crippen molar-refractivity contribution in [2.45, 2.75) is 77.6 Å². The minimum atomic E-state index is -4.00. The number of hydrogen-bond acceptors (Lipinski definition) is 4. The van der Waals surface area contributed by atoms with Gasteiger partial charge in [0.15, 0.2) is 0 Å². The molecular formula is C21H35NO4S. The summed E-state index contributed by atoms with van der Waals surface area (Å²) in [6.07, 6.45) is 15.5. The van der Waals surface area contributed by atoms with Crippen molar-refractivity contribution in [3.8, 4) is 5.75 Å². The summed E-state index contributed by atoms with van der Waals surface area (Å²) in [7, 11) is -4.00. The van der Waals surface area contributed by atoms with Gasteiger partial charge in [-0.2, -0.15) is 8.42 Å². The highest BCUT2D eigenvalue weighted by Crippen LogP contribution is 2.19. The number of aryl methyl sites for hydroxylation is 1. The molecule has 0 bridgehead atoms. The first-order valence-corrected chi connectivity index (χ1v) is 11.8. The number of rotatable bonds is 15. The first kappa shape index (κ1) is 23.6. The molecule has 0 unspecified atom stereocenters. The van der Waals surface area contributed by atoms with Gasteiger partial charge in [-0.3, -0.25) is 9.55 Å². The third-order valence-corrected chi connectivity index (χ3v) is 5.32. The van der Waals surface area contributed by atoms with Crippen LogP contribution in [0.15, 0.2) is 23.2 Å². The van der Waals surface area contributed by atoms with E-state index in [-0.39, 0.29) is 12.3 Å². The Labute approximate surface area is 164 Å². The van der Waals surface area contributed by atoms with Crippen LogP contribution in [0.25, 0.3) is 0 Å². The van der Waals surface area contributed by atoms with Gasteiger partial charge in [0, 0.05) is 11.8 Å². The van der Waals surface area contributed by atoms with E-state index < -0.39 is 15.9 Å². The molecule has 1 aromatic rings. The van der Waals surface area contributed by atoms with Crippen molar-refractivity contribution in [3.05, 3.63) is 29.3 Å². The molecule has 1 rings (SSSR count). The van der Waals surface area contributed by atoms with Gasteiger partial charge in [0.05, 0.1) is 12.3 Å². The summed E-state index contributed by atoms with van der Waals surface area (Å²) < 4.78 is 30.0. The van der Waals surface area contributed by atoms with Gasteiger partial charge in [-0.25, -0.2) is 0 Å². The van der Waals surface area contributed by atoms with Crippen LogP contribution in [0.1, 0.15) is 82.3 Å². The molecule has 0 aliphatic rings. The zero-order valence-corrected chi connectivity index (χ0v) is 17.4. The highest BCUT2D eigenvalue weighted by atomic mass is 32.2. The number of benzene rings is 1. The van der Waals surface area contributed by atoms with Crippen LogP contribution < -0.4 is 0 Å². The van der Waals surface area contributed by atoms with Crippen LogP contribution in [-0.2, 0) is 16.5 Å². The molecule has 5 nitrogen and oxygen atoms in total. The van der Waals surface area contributed by atoms with Gasteiger partial charge in [0.1, 0.15) is 5.75 Å². The smallest absolute Gasteiger partial charge is 0.266 e. The molecule has 0 saturated carbocycles. The van der Waals surface area contributed by atoms with E-state index in [1.54, 1.807) is 6.07 Å². The van der Waals surface area contributed by atoms with E-state index in [1.165, 1.54) is 64.0 Å². The minimum Gasteiger partial charge on any atom is -0.507 e. The number of phenols is 1. The molecule has 27 heavy (non-hydrogen) atoms. The number of aromatic hydroxyl groups is 1. The largest absolute Gasteiger partial charge is 0.507 e. The molecule has 0 aliphatic carbocycles. The Bertz CT molecular complexity index is 656. The van der Waals surface area contributed by atoms with Crippen molar-refractivity contribution in [2.24, 2.45) is 4.99 Å². The molecule has 0 amide bonds. The Morgan fingerprint density at radius 1 is 0.963 bits per heavy atom. The van der Waals surface area contributed by atoms with Crippen LogP contribution in [0.3, 0.4) is 0 Å². The lowest BCUT2D eigenvalue weighted by Gasteiger charge is -2.05. The summed E-state index contributed by atoms with van der Waals surface area (Å²) in [5.74, 6) is -0.292. The predicted molar refractivity (Wildman–Crippen MR) is 113 cm³/mol. The number of phenolic OH excluding ortho intramolecular Hbond substituents is 1. The number of unbranched alkanes of at least 4 members (excludes halogenated alkanes) is 9. The van der Waals surface area contributed by atoms with Gasteiger partial charge in [0.2, 0.25) is 0 Å². The Morgan fingerprint density at radius 3 is 2.15 bits per heavy atom. The molecule has 0 heterocycles. The van der Waals surface area contributed by atoms with E-state index in [4.69, 9.17) is 4.55 Å². The first-order chi connectivity index (χ1) is 12.9. The fourth-order valence-corrected chi connectivity index (χ4v) is 3.35.